The smallest absolute Gasteiger partial charge is 0.251 e. The van der Waals surface area contributed by atoms with Gasteiger partial charge in [0.15, 0.2) is 11.5 Å². The lowest BCUT2D eigenvalue weighted by atomic mass is 10.1. The molecule has 2 aliphatic rings. The fraction of sp³-hybridized carbons (Fsp3) is 0.333. The van der Waals surface area contributed by atoms with Crippen LogP contribution in [0.4, 0.5) is 10.1 Å². The first kappa shape index (κ1) is 19.6. The van der Waals surface area contributed by atoms with Crippen molar-refractivity contribution in [3.05, 3.63) is 65.2 Å². The second kappa shape index (κ2) is 7.41. The number of aryl methyl sites for hydroxylation is 1. The first-order valence-electron chi connectivity index (χ1n) is 10.6. The third-order valence-corrected chi connectivity index (χ3v) is 6.03. The Morgan fingerprint density at radius 3 is 2.55 bits per heavy atom. The van der Waals surface area contributed by atoms with Crippen molar-refractivity contribution in [3.63, 3.8) is 0 Å². The van der Waals surface area contributed by atoms with Crippen LogP contribution < -0.4 is 14.8 Å². The maximum absolute atomic E-state index is 13.2. The predicted octanol–water partition coefficient (Wildman–Crippen LogP) is 4.85. The molecule has 1 fully saturated rings. The average molecular weight is 421 g/mol. The maximum Gasteiger partial charge on any atom is 0.251 e. The molecule has 3 aromatic rings. The molecule has 1 amide bonds. The van der Waals surface area contributed by atoms with Gasteiger partial charge in [0.2, 0.25) is 5.91 Å². The van der Waals surface area contributed by atoms with E-state index in [1.807, 2.05) is 32.0 Å². The van der Waals surface area contributed by atoms with Gasteiger partial charge in [-0.2, -0.15) is 5.10 Å². The summed E-state index contributed by atoms with van der Waals surface area (Å²) in [7, 11) is 0. The molecule has 2 heterocycles. The van der Waals surface area contributed by atoms with Crippen LogP contribution in [0.1, 0.15) is 42.6 Å². The molecule has 160 valence electrons. The zero-order valence-electron chi connectivity index (χ0n) is 17.6. The average Bonchev–Trinajstić information content (AvgIpc) is 3.42. The Balaban J connectivity index is 1.30. The molecule has 31 heavy (non-hydrogen) atoms. The van der Waals surface area contributed by atoms with Gasteiger partial charge in [-0.25, -0.2) is 9.07 Å². The van der Waals surface area contributed by atoms with Gasteiger partial charge in [0.1, 0.15) is 5.82 Å². The summed E-state index contributed by atoms with van der Waals surface area (Å²) in [5.41, 5.74) is 3.90. The Morgan fingerprint density at radius 1 is 1.10 bits per heavy atom. The SMILES string of the molecule is Cc1nn(-c2ccc(F)cc2)c(C)c1CC(=O)Nc1ccc2c(c1)OC1(CCCC1)O2. The van der Waals surface area contributed by atoms with E-state index in [0.29, 0.717) is 11.4 Å². The lowest BCUT2D eigenvalue weighted by molar-refractivity contribution is -0.115. The quantitative estimate of drug-likeness (QED) is 0.654. The van der Waals surface area contributed by atoms with E-state index >= 15 is 0 Å². The van der Waals surface area contributed by atoms with E-state index in [1.54, 1.807) is 16.8 Å². The molecule has 1 saturated carbocycles. The Morgan fingerprint density at radius 2 is 1.81 bits per heavy atom. The number of hydrogen-bond acceptors (Lipinski definition) is 4. The molecule has 1 aromatic heterocycles. The number of anilines is 1. The highest BCUT2D eigenvalue weighted by atomic mass is 19.1. The minimum Gasteiger partial charge on any atom is -0.448 e. The number of benzene rings is 2. The minimum absolute atomic E-state index is 0.140. The molecular weight excluding hydrogens is 397 g/mol. The summed E-state index contributed by atoms with van der Waals surface area (Å²) in [5.74, 6) is 0.448. The van der Waals surface area contributed by atoms with Gasteiger partial charge in [-0.05, 0) is 63.1 Å². The summed E-state index contributed by atoms with van der Waals surface area (Å²) in [4.78, 5) is 12.8. The molecule has 1 aliphatic heterocycles. The van der Waals surface area contributed by atoms with E-state index < -0.39 is 5.79 Å². The second-order valence-corrected chi connectivity index (χ2v) is 8.25. The van der Waals surface area contributed by atoms with Crippen molar-refractivity contribution >= 4 is 11.6 Å². The third kappa shape index (κ3) is 3.65. The van der Waals surface area contributed by atoms with Gasteiger partial charge in [-0.1, -0.05) is 0 Å². The lowest BCUT2D eigenvalue weighted by Gasteiger charge is -2.21. The standard InChI is InChI=1S/C24H24FN3O3/c1-15-20(16(2)28(27-15)19-8-5-17(25)6-9-19)14-23(29)26-18-7-10-21-22(13-18)31-24(30-21)11-3-4-12-24/h5-10,13H,3-4,11-12,14H2,1-2H3,(H,26,29). The van der Waals surface area contributed by atoms with E-state index in [0.717, 1.165) is 54.1 Å². The molecule has 0 saturated heterocycles. The molecular formula is C24H24FN3O3. The Hall–Kier alpha value is -3.35. The minimum atomic E-state index is -0.520. The van der Waals surface area contributed by atoms with E-state index in [-0.39, 0.29) is 18.1 Å². The Bertz CT molecular complexity index is 1150. The van der Waals surface area contributed by atoms with Gasteiger partial charge in [-0.3, -0.25) is 4.79 Å². The van der Waals surface area contributed by atoms with Crippen LogP contribution in [0.3, 0.4) is 0 Å². The van der Waals surface area contributed by atoms with Crippen molar-refractivity contribution in [2.45, 2.75) is 51.7 Å². The molecule has 2 aromatic carbocycles. The van der Waals surface area contributed by atoms with Gasteiger partial charge in [0.25, 0.3) is 5.79 Å². The van der Waals surface area contributed by atoms with Crippen LogP contribution in [-0.2, 0) is 11.2 Å². The van der Waals surface area contributed by atoms with Crippen LogP contribution in [-0.4, -0.2) is 21.5 Å². The summed E-state index contributed by atoms with van der Waals surface area (Å²) >= 11 is 0. The summed E-state index contributed by atoms with van der Waals surface area (Å²) < 4.78 is 27.1. The van der Waals surface area contributed by atoms with E-state index in [4.69, 9.17) is 9.47 Å². The first-order valence-corrected chi connectivity index (χ1v) is 10.6. The van der Waals surface area contributed by atoms with Gasteiger partial charge < -0.3 is 14.8 Å². The number of nitrogens with one attached hydrogen (secondary N) is 1. The number of halogens is 1. The first-order chi connectivity index (χ1) is 14.9. The van der Waals surface area contributed by atoms with Crippen LogP contribution in [0.15, 0.2) is 42.5 Å². The van der Waals surface area contributed by atoms with Gasteiger partial charge in [0, 0.05) is 35.9 Å². The third-order valence-electron chi connectivity index (χ3n) is 6.03. The molecule has 0 bridgehead atoms. The molecule has 6 nitrogen and oxygen atoms in total. The van der Waals surface area contributed by atoms with Crippen LogP contribution in [0.5, 0.6) is 11.5 Å². The fourth-order valence-corrected chi connectivity index (χ4v) is 4.42. The number of rotatable bonds is 4. The zero-order valence-corrected chi connectivity index (χ0v) is 17.6. The number of ether oxygens (including phenoxy) is 2. The van der Waals surface area contributed by atoms with Crippen molar-refractivity contribution in [3.8, 4) is 17.2 Å². The highest BCUT2D eigenvalue weighted by Gasteiger charge is 2.44. The zero-order chi connectivity index (χ0) is 21.6. The second-order valence-electron chi connectivity index (χ2n) is 8.25. The van der Waals surface area contributed by atoms with Crippen LogP contribution in [0, 0.1) is 19.7 Å². The lowest BCUT2D eigenvalue weighted by Crippen LogP contribution is -2.34. The van der Waals surface area contributed by atoms with Gasteiger partial charge in [-0.15, -0.1) is 0 Å². The van der Waals surface area contributed by atoms with E-state index in [9.17, 15) is 9.18 Å². The molecule has 0 radical (unpaired) electrons. The highest BCUT2D eigenvalue weighted by Crippen LogP contribution is 2.47. The number of carbonyl (C=O) groups excluding carboxylic acids is 1. The molecule has 0 atom stereocenters. The van der Waals surface area contributed by atoms with Crippen molar-refractivity contribution in [1.82, 2.24) is 9.78 Å². The summed E-state index contributed by atoms with van der Waals surface area (Å²) in [6.45, 7) is 3.78. The van der Waals surface area contributed by atoms with E-state index in [1.165, 1.54) is 12.1 Å². The molecule has 1 N–H and O–H groups in total. The van der Waals surface area contributed by atoms with Gasteiger partial charge in [0.05, 0.1) is 17.8 Å². The normalized spacial score (nSPS) is 16.1. The number of carbonyl (C=O) groups is 1. The molecule has 0 unspecified atom stereocenters. The molecule has 5 rings (SSSR count). The summed E-state index contributed by atoms with van der Waals surface area (Å²) in [6.07, 6.45) is 4.17. The predicted molar refractivity (Wildman–Crippen MR) is 114 cm³/mol. The largest absolute Gasteiger partial charge is 0.448 e. The number of amides is 1. The Labute approximate surface area is 180 Å². The van der Waals surface area contributed by atoms with Gasteiger partial charge >= 0.3 is 0 Å². The van der Waals surface area contributed by atoms with E-state index in [2.05, 4.69) is 10.4 Å². The fourth-order valence-electron chi connectivity index (χ4n) is 4.42. The number of hydrogen-bond donors (Lipinski definition) is 1. The molecule has 1 spiro atoms. The van der Waals surface area contributed by atoms with Crippen molar-refractivity contribution in [2.24, 2.45) is 0 Å². The number of nitrogens with zero attached hydrogens (tertiary/aromatic N) is 2. The number of aromatic nitrogens is 2. The number of fused-ring (bicyclic) bond motifs is 1. The van der Waals surface area contributed by atoms with Crippen molar-refractivity contribution in [2.75, 3.05) is 5.32 Å². The highest BCUT2D eigenvalue weighted by molar-refractivity contribution is 5.93. The van der Waals surface area contributed by atoms with Crippen LogP contribution >= 0.6 is 0 Å². The van der Waals surface area contributed by atoms with Crippen molar-refractivity contribution in [1.29, 1.82) is 0 Å². The monoisotopic (exact) mass is 421 g/mol. The molecule has 7 heteroatoms. The topological polar surface area (TPSA) is 65.4 Å². The summed E-state index contributed by atoms with van der Waals surface area (Å²) in [5, 5.41) is 7.48. The Kier molecular flexibility index (Phi) is 4.68. The van der Waals surface area contributed by atoms with Crippen molar-refractivity contribution < 1.29 is 18.7 Å². The van der Waals surface area contributed by atoms with Crippen LogP contribution in [0.25, 0.3) is 5.69 Å². The van der Waals surface area contributed by atoms with Crippen LogP contribution in [0.2, 0.25) is 0 Å². The maximum atomic E-state index is 13.2. The summed E-state index contributed by atoms with van der Waals surface area (Å²) in [6, 6.07) is 11.6. The molecule has 1 aliphatic carbocycles.